The number of nitrogens with zero attached hydrogens (tertiary/aromatic N) is 5. The topological polar surface area (TPSA) is 114 Å². The van der Waals surface area contributed by atoms with Crippen LogP contribution in [-0.4, -0.2) is 29.7 Å². The number of hydrogen-bond acceptors (Lipinski definition) is 7. The number of fused-ring (bicyclic) bond motifs is 3. The van der Waals surface area contributed by atoms with E-state index in [2.05, 4.69) is 25.5 Å². The average Bonchev–Trinajstić information content (AvgIpc) is 3.12. The number of anilines is 2. The van der Waals surface area contributed by atoms with Crippen molar-refractivity contribution in [3.8, 4) is 5.75 Å². The first-order chi connectivity index (χ1) is 13.6. The lowest BCUT2D eigenvalue weighted by molar-refractivity contribution is -0.137. The lowest BCUT2D eigenvalue weighted by Gasteiger charge is -2.19. The second kappa shape index (κ2) is 6.47. The second-order valence-corrected chi connectivity index (χ2v) is 6.66. The minimum absolute atomic E-state index is 0.0102. The summed E-state index contributed by atoms with van der Waals surface area (Å²) in [5.74, 6) is 0.653. The molecule has 29 heavy (non-hydrogen) atoms. The number of hydrogen-bond donors (Lipinski definition) is 3. The zero-order chi connectivity index (χ0) is 20.9. The van der Waals surface area contributed by atoms with E-state index in [-0.39, 0.29) is 17.1 Å². The smallest absolute Gasteiger partial charge is 0.416 e. The molecule has 0 saturated carbocycles. The van der Waals surface area contributed by atoms with Crippen molar-refractivity contribution >= 4 is 28.2 Å². The SMILES string of the molecule is Cc1nc(N[C@H](C)c2cc(N)cc(C(F)(F)F)c2)c2cc(O)c3nncn3c2n1. The molecule has 0 aliphatic heterocycles. The van der Waals surface area contributed by atoms with Crippen LogP contribution in [0.5, 0.6) is 5.75 Å². The molecule has 0 radical (unpaired) electrons. The van der Waals surface area contributed by atoms with Gasteiger partial charge in [-0.2, -0.15) is 13.2 Å². The van der Waals surface area contributed by atoms with Crippen LogP contribution in [-0.2, 0) is 6.18 Å². The fourth-order valence-electron chi connectivity index (χ4n) is 3.14. The van der Waals surface area contributed by atoms with Crippen molar-refractivity contribution in [2.75, 3.05) is 11.1 Å². The van der Waals surface area contributed by atoms with Crippen LogP contribution in [0.25, 0.3) is 16.7 Å². The van der Waals surface area contributed by atoms with E-state index in [1.54, 1.807) is 13.8 Å². The van der Waals surface area contributed by atoms with Crippen LogP contribution in [0.2, 0.25) is 0 Å². The summed E-state index contributed by atoms with van der Waals surface area (Å²) in [6.45, 7) is 3.37. The predicted octanol–water partition coefficient (Wildman–Crippen LogP) is 3.46. The minimum atomic E-state index is -4.51. The summed E-state index contributed by atoms with van der Waals surface area (Å²) in [6.07, 6.45) is -3.10. The number of aryl methyl sites for hydroxylation is 1. The summed E-state index contributed by atoms with van der Waals surface area (Å²) in [5.41, 5.74) is 5.89. The summed E-state index contributed by atoms with van der Waals surface area (Å²) in [7, 11) is 0. The molecule has 0 bridgehead atoms. The number of aromatic nitrogens is 5. The highest BCUT2D eigenvalue weighted by Gasteiger charge is 2.31. The number of nitrogens with one attached hydrogen (secondary N) is 1. The molecule has 1 aromatic carbocycles. The maximum Gasteiger partial charge on any atom is 0.416 e. The van der Waals surface area contributed by atoms with E-state index < -0.39 is 17.8 Å². The maximum atomic E-state index is 13.1. The Hall–Kier alpha value is -3.63. The molecule has 0 aliphatic carbocycles. The highest BCUT2D eigenvalue weighted by Crippen LogP contribution is 2.34. The normalized spacial score (nSPS) is 13.1. The first-order valence-corrected chi connectivity index (χ1v) is 8.57. The van der Waals surface area contributed by atoms with Crippen molar-refractivity contribution in [1.82, 2.24) is 24.6 Å². The van der Waals surface area contributed by atoms with Crippen molar-refractivity contribution in [1.29, 1.82) is 0 Å². The highest BCUT2D eigenvalue weighted by atomic mass is 19.4. The molecule has 4 N–H and O–H groups in total. The molecule has 150 valence electrons. The molecule has 1 atom stereocenters. The van der Waals surface area contributed by atoms with Gasteiger partial charge in [0.25, 0.3) is 0 Å². The summed E-state index contributed by atoms with van der Waals surface area (Å²) in [4.78, 5) is 8.72. The van der Waals surface area contributed by atoms with Crippen molar-refractivity contribution in [3.05, 3.63) is 47.5 Å². The van der Waals surface area contributed by atoms with Gasteiger partial charge in [-0.3, -0.25) is 4.40 Å². The standard InChI is InChI=1S/C18H16F3N7O/c1-8(10-3-11(18(19,20)21)5-12(22)4-10)24-15-13-6-14(29)17-27-23-7-28(17)16(13)26-9(2)25-15/h3-8,29H,22H2,1-2H3,(H,24,25,26)/t8-/m1/s1. The van der Waals surface area contributed by atoms with Crippen LogP contribution in [0.3, 0.4) is 0 Å². The molecule has 0 aliphatic rings. The third-order valence-electron chi connectivity index (χ3n) is 4.48. The molecule has 0 spiro atoms. The molecule has 0 saturated heterocycles. The number of rotatable bonds is 3. The number of benzene rings is 1. The molecule has 11 heteroatoms. The number of aromatic hydroxyl groups is 1. The molecule has 4 rings (SSSR count). The van der Waals surface area contributed by atoms with E-state index in [0.29, 0.717) is 28.2 Å². The summed E-state index contributed by atoms with van der Waals surface area (Å²) < 4.78 is 40.9. The predicted molar refractivity (Wildman–Crippen MR) is 100 cm³/mol. The van der Waals surface area contributed by atoms with Gasteiger partial charge in [0.2, 0.25) is 5.65 Å². The molecular formula is C18H16F3N7O. The maximum absolute atomic E-state index is 13.1. The minimum Gasteiger partial charge on any atom is -0.504 e. The van der Waals surface area contributed by atoms with Crippen LogP contribution < -0.4 is 11.1 Å². The van der Waals surface area contributed by atoms with Crippen LogP contribution in [0.1, 0.15) is 29.9 Å². The van der Waals surface area contributed by atoms with Gasteiger partial charge in [-0.05, 0) is 43.7 Å². The van der Waals surface area contributed by atoms with Crippen LogP contribution in [0.4, 0.5) is 24.7 Å². The molecule has 4 aromatic rings. The van der Waals surface area contributed by atoms with Crippen molar-refractivity contribution in [2.24, 2.45) is 0 Å². The van der Waals surface area contributed by atoms with Gasteiger partial charge in [0.05, 0.1) is 17.0 Å². The Labute approximate surface area is 162 Å². The molecular weight excluding hydrogens is 387 g/mol. The third-order valence-corrected chi connectivity index (χ3v) is 4.48. The van der Waals surface area contributed by atoms with Gasteiger partial charge < -0.3 is 16.2 Å². The van der Waals surface area contributed by atoms with Gasteiger partial charge in [-0.15, -0.1) is 10.2 Å². The second-order valence-electron chi connectivity index (χ2n) is 6.66. The van der Waals surface area contributed by atoms with E-state index in [1.165, 1.54) is 22.9 Å². The van der Waals surface area contributed by atoms with E-state index in [0.717, 1.165) is 12.1 Å². The molecule has 3 heterocycles. The van der Waals surface area contributed by atoms with Gasteiger partial charge in [-0.1, -0.05) is 0 Å². The van der Waals surface area contributed by atoms with E-state index in [4.69, 9.17) is 5.73 Å². The van der Waals surface area contributed by atoms with Gasteiger partial charge in [-0.25, -0.2) is 9.97 Å². The Kier molecular flexibility index (Phi) is 4.17. The molecule has 0 fully saturated rings. The van der Waals surface area contributed by atoms with Crippen molar-refractivity contribution < 1.29 is 18.3 Å². The van der Waals surface area contributed by atoms with Gasteiger partial charge >= 0.3 is 6.18 Å². The lowest BCUT2D eigenvalue weighted by Crippen LogP contribution is -2.13. The Bertz CT molecular complexity index is 1240. The van der Waals surface area contributed by atoms with Gasteiger partial charge in [0, 0.05) is 5.69 Å². The van der Waals surface area contributed by atoms with Crippen LogP contribution in [0.15, 0.2) is 30.6 Å². The molecule has 8 nitrogen and oxygen atoms in total. The Balaban J connectivity index is 1.80. The van der Waals surface area contributed by atoms with Gasteiger partial charge in [0.1, 0.15) is 18.0 Å². The fraction of sp³-hybridized carbons (Fsp3) is 0.222. The largest absolute Gasteiger partial charge is 0.504 e. The average molecular weight is 403 g/mol. The third kappa shape index (κ3) is 3.35. The number of alkyl halides is 3. The number of pyridine rings is 1. The van der Waals surface area contributed by atoms with Crippen LogP contribution >= 0.6 is 0 Å². The monoisotopic (exact) mass is 403 g/mol. The van der Waals surface area contributed by atoms with E-state index in [1.807, 2.05) is 0 Å². The van der Waals surface area contributed by atoms with Gasteiger partial charge in [0.15, 0.2) is 11.4 Å². The van der Waals surface area contributed by atoms with Crippen molar-refractivity contribution in [2.45, 2.75) is 26.1 Å². The Morgan fingerprint density at radius 2 is 1.90 bits per heavy atom. The Morgan fingerprint density at radius 3 is 2.62 bits per heavy atom. The summed E-state index contributed by atoms with van der Waals surface area (Å²) >= 11 is 0. The molecule has 3 aromatic heterocycles. The first kappa shape index (κ1) is 18.7. The fourth-order valence-corrected chi connectivity index (χ4v) is 3.14. The quantitative estimate of drug-likeness (QED) is 0.449. The molecule has 0 amide bonds. The lowest BCUT2D eigenvalue weighted by atomic mass is 10.0. The van der Waals surface area contributed by atoms with Crippen LogP contribution in [0, 0.1) is 6.92 Å². The number of nitrogens with two attached hydrogens (primary N) is 1. The zero-order valence-corrected chi connectivity index (χ0v) is 15.4. The zero-order valence-electron chi connectivity index (χ0n) is 15.4. The number of halogens is 3. The van der Waals surface area contributed by atoms with E-state index in [9.17, 15) is 18.3 Å². The first-order valence-electron chi connectivity index (χ1n) is 8.57. The number of nitrogen functional groups attached to an aromatic ring is 1. The van der Waals surface area contributed by atoms with E-state index >= 15 is 0 Å². The highest BCUT2D eigenvalue weighted by molar-refractivity contribution is 5.90. The van der Waals surface area contributed by atoms with Crippen molar-refractivity contribution in [3.63, 3.8) is 0 Å². The summed E-state index contributed by atoms with van der Waals surface area (Å²) in [6, 6.07) is 4.28. The Morgan fingerprint density at radius 1 is 1.14 bits per heavy atom. The summed E-state index contributed by atoms with van der Waals surface area (Å²) in [5, 5.41) is 21.4. The molecule has 0 unspecified atom stereocenters.